The Kier molecular flexibility index (Phi) is 2.79. The average molecular weight is 196 g/mol. The molecule has 1 aliphatic heterocycles. The molecule has 14 heavy (non-hydrogen) atoms. The lowest BCUT2D eigenvalue weighted by Crippen LogP contribution is -2.19. The van der Waals surface area contributed by atoms with E-state index in [4.69, 9.17) is 10.5 Å². The van der Waals surface area contributed by atoms with Crippen LogP contribution in [0.3, 0.4) is 0 Å². The van der Waals surface area contributed by atoms with Crippen LogP contribution in [0.4, 0.5) is 0 Å². The number of rotatable bonds is 3. The van der Waals surface area contributed by atoms with E-state index in [1.54, 1.807) is 6.33 Å². The van der Waals surface area contributed by atoms with Crippen molar-refractivity contribution in [3.8, 4) is 0 Å². The average Bonchev–Trinajstić information content (AvgIpc) is 2.85. The highest BCUT2D eigenvalue weighted by Crippen LogP contribution is 2.30. The molecule has 0 saturated carbocycles. The van der Waals surface area contributed by atoms with Crippen LogP contribution in [0.25, 0.3) is 0 Å². The lowest BCUT2D eigenvalue weighted by molar-refractivity contribution is 0.0426. The molecule has 1 fully saturated rings. The summed E-state index contributed by atoms with van der Waals surface area (Å²) < 4.78 is 7.77. The lowest BCUT2D eigenvalue weighted by atomic mass is 10.2. The molecule has 2 heterocycles. The maximum atomic E-state index is 5.75. The highest BCUT2D eigenvalue weighted by molar-refractivity contribution is 4.95. The largest absolute Gasteiger partial charge is 0.366 e. The van der Waals surface area contributed by atoms with Crippen LogP contribution in [-0.2, 0) is 11.3 Å². The van der Waals surface area contributed by atoms with Gasteiger partial charge in [0.2, 0.25) is 0 Å². The Labute approximate surface area is 83.3 Å². The molecular formula is C9H16N4O. The van der Waals surface area contributed by atoms with Gasteiger partial charge in [0.05, 0.1) is 6.10 Å². The van der Waals surface area contributed by atoms with Crippen molar-refractivity contribution < 1.29 is 4.74 Å². The van der Waals surface area contributed by atoms with Gasteiger partial charge in [0.15, 0.2) is 5.82 Å². The topological polar surface area (TPSA) is 66.0 Å². The molecule has 0 aliphatic carbocycles. The fraction of sp³-hybridized carbons (Fsp3) is 0.778. The molecule has 0 bridgehead atoms. The smallest absolute Gasteiger partial charge is 0.162 e. The highest BCUT2D eigenvalue weighted by Gasteiger charge is 2.28. The molecule has 5 heteroatoms. The Hall–Kier alpha value is -0.940. The molecule has 0 aromatic carbocycles. The first-order valence-electron chi connectivity index (χ1n) is 5.08. The van der Waals surface area contributed by atoms with Crippen molar-refractivity contribution in [3.05, 3.63) is 12.2 Å². The molecule has 2 rings (SSSR count). The molecular weight excluding hydrogens is 180 g/mol. The molecule has 2 atom stereocenters. The van der Waals surface area contributed by atoms with Crippen molar-refractivity contribution in [3.63, 3.8) is 0 Å². The maximum Gasteiger partial charge on any atom is 0.162 e. The monoisotopic (exact) mass is 196 g/mol. The summed E-state index contributed by atoms with van der Waals surface area (Å²) in [4.78, 5) is 0. The Morgan fingerprint density at radius 1 is 1.64 bits per heavy atom. The maximum absolute atomic E-state index is 5.75. The second-order valence-corrected chi connectivity index (χ2v) is 3.53. The van der Waals surface area contributed by atoms with Crippen LogP contribution in [0, 0.1) is 0 Å². The predicted octanol–water partition coefficient (Wildman–Crippen LogP) is 0.477. The zero-order valence-electron chi connectivity index (χ0n) is 8.39. The van der Waals surface area contributed by atoms with Crippen LogP contribution in [0.1, 0.15) is 31.7 Å². The van der Waals surface area contributed by atoms with Gasteiger partial charge in [0.1, 0.15) is 12.4 Å². The highest BCUT2D eigenvalue weighted by atomic mass is 16.5. The van der Waals surface area contributed by atoms with Gasteiger partial charge in [0.25, 0.3) is 0 Å². The van der Waals surface area contributed by atoms with E-state index in [2.05, 4.69) is 17.1 Å². The van der Waals surface area contributed by atoms with Gasteiger partial charge in [-0.2, -0.15) is 0 Å². The Morgan fingerprint density at radius 2 is 2.50 bits per heavy atom. The minimum Gasteiger partial charge on any atom is -0.366 e. The van der Waals surface area contributed by atoms with Crippen LogP contribution < -0.4 is 5.73 Å². The molecule has 0 spiro atoms. The summed E-state index contributed by atoms with van der Waals surface area (Å²) in [6, 6.07) is 0. The van der Waals surface area contributed by atoms with Crippen molar-refractivity contribution in [2.75, 3.05) is 6.54 Å². The summed E-state index contributed by atoms with van der Waals surface area (Å²) in [5.41, 5.74) is 5.55. The summed E-state index contributed by atoms with van der Waals surface area (Å²) in [7, 11) is 0. The van der Waals surface area contributed by atoms with Crippen LogP contribution in [-0.4, -0.2) is 27.4 Å². The molecule has 0 amide bonds. The van der Waals surface area contributed by atoms with Crippen LogP contribution >= 0.6 is 0 Å². The molecule has 1 aromatic rings. The van der Waals surface area contributed by atoms with Crippen molar-refractivity contribution in [2.24, 2.45) is 5.73 Å². The van der Waals surface area contributed by atoms with Gasteiger partial charge in [-0.3, -0.25) is 0 Å². The fourth-order valence-electron chi connectivity index (χ4n) is 1.83. The quantitative estimate of drug-likeness (QED) is 0.763. The van der Waals surface area contributed by atoms with E-state index < -0.39 is 0 Å². The van der Waals surface area contributed by atoms with Crippen LogP contribution in [0.15, 0.2) is 6.33 Å². The molecule has 1 aromatic heterocycles. The molecule has 1 saturated heterocycles. The number of ether oxygens (including phenoxy) is 1. The molecule has 0 radical (unpaired) electrons. The predicted molar refractivity (Wildman–Crippen MR) is 51.6 cm³/mol. The van der Waals surface area contributed by atoms with Gasteiger partial charge >= 0.3 is 0 Å². The zero-order valence-corrected chi connectivity index (χ0v) is 8.39. The number of hydrogen-bond acceptors (Lipinski definition) is 4. The van der Waals surface area contributed by atoms with E-state index in [0.717, 1.165) is 25.2 Å². The van der Waals surface area contributed by atoms with E-state index >= 15 is 0 Å². The third kappa shape index (κ3) is 1.65. The number of aryl methyl sites for hydroxylation is 1. The van der Waals surface area contributed by atoms with Crippen molar-refractivity contribution >= 4 is 0 Å². The van der Waals surface area contributed by atoms with Crippen LogP contribution in [0.2, 0.25) is 0 Å². The normalized spacial score (nSPS) is 27.0. The van der Waals surface area contributed by atoms with Gasteiger partial charge in [-0.25, -0.2) is 0 Å². The van der Waals surface area contributed by atoms with E-state index in [9.17, 15) is 0 Å². The SMILES string of the molecule is CCn1cnnc1C1CCC(CN)O1. The molecule has 2 N–H and O–H groups in total. The van der Waals surface area contributed by atoms with E-state index in [0.29, 0.717) is 6.54 Å². The summed E-state index contributed by atoms with van der Waals surface area (Å²) >= 11 is 0. The summed E-state index contributed by atoms with van der Waals surface area (Å²) in [6.07, 6.45) is 4.06. The van der Waals surface area contributed by atoms with Crippen LogP contribution in [0.5, 0.6) is 0 Å². The van der Waals surface area contributed by atoms with Gasteiger partial charge < -0.3 is 15.0 Å². The second kappa shape index (κ2) is 4.06. The summed E-state index contributed by atoms with van der Waals surface area (Å²) in [5, 5.41) is 7.98. The molecule has 78 valence electrons. The Bertz CT molecular complexity index is 299. The lowest BCUT2D eigenvalue weighted by Gasteiger charge is -2.12. The Morgan fingerprint density at radius 3 is 3.14 bits per heavy atom. The third-order valence-electron chi connectivity index (χ3n) is 2.64. The van der Waals surface area contributed by atoms with Gasteiger partial charge in [-0.05, 0) is 19.8 Å². The number of nitrogens with zero attached hydrogens (tertiary/aromatic N) is 3. The Balaban J connectivity index is 2.09. The van der Waals surface area contributed by atoms with Crippen molar-refractivity contribution in [1.29, 1.82) is 0 Å². The van der Waals surface area contributed by atoms with Gasteiger partial charge in [0, 0.05) is 13.1 Å². The number of hydrogen-bond donors (Lipinski definition) is 1. The fourth-order valence-corrected chi connectivity index (χ4v) is 1.83. The minimum atomic E-state index is 0.0889. The second-order valence-electron chi connectivity index (χ2n) is 3.53. The van der Waals surface area contributed by atoms with Gasteiger partial charge in [-0.15, -0.1) is 10.2 Å². The minimum absolute atomic E-state index is 0.0889. The number of aromatic nitrogens is 3. The number of nitrogens with two attached hydrogens (primary N) is 1. The van der Waals surface area contributed by atoms with E-state index in [1.165, 1.54) is 0 Å². The third-order valence-corrected chi connectivity index (χ3v) is 2.64. The first-order valence-corrected chi connectivity index (χ1v) is 5.08. The molecule has 2 unspecified atom stereocenters. The first-order chi connectivity index (χ1) is 6.85. The zero-order chi connectivity index (χ0) is 9.97. The van der Waals surface area contributed by atoms with Crippen molar-refractivity contribution in [1.82, 2.24) is 14.8 Å². The first kappa shape index (κ1) is 9.61. The summed E-state index contributed by atoms with van der Waals surface area (Å²) in [6.45, 7) is 3.55. The van der Waals surface area contributed by atoms with E-state index in [-0.39, 0.29) is 12.2 Å². The molecule has 1 aliphatic rings. The van der Waals surface area contributed by atoms with E-state index in [1.807, 2.05) is 4.57 Å². The van der Waals surface area contributed by atoms with Gasteiger partial charge in [-0.1, -0.05) is 0 Å². The summed E-state index contributed by atoms with van der Waals surface area (Å²) in [5.74, 6) is 0.934. The molecule has 5 nitrogen and oxygen atoms in total. The van der Waals surface area contributed by atoms with Crippen molar-refractivity contribution in [2.45, 2.75) is 38.5 Å². The standard InChI is InChI=1S/C9H16N4O/c1-2-13-6-11-12-9(13)8-4-3-7(5-10)14-8/h6-8H,2-5,10H2,1H3.